The first kappa shape index (κ1) is 17.7. The smallest absolute Gasteiger partial charge is 0.328 e. The molecule has 0 aromatic heterocycles. The Morgan fingerprint density at radius 3 is 2.05 bits per heavy atom. The van der Waals surface area contributed by atoms with E-state index in [1.165, 1.54) is 0 Å². The molecule has 0 aliphatic heterocycles. The van der Waals surface area contributed by atoms with Gasteiger partial charge in [-0.15, -0.1) is 0 Å². The molecule has 4 nitrogen and oxygen atoms in total. The highest BCUT2D eigenvalue weighted by Gasteiger charge is 2.49. The van der Waals surface area contributed by atoms with Crippen molar-refractivity contribution in [3.63, 3.8) is 0 Å². The van der Waals surface area contributed by atoms with Crippen LogP contribution in [0.4, 0.5) is 0 Å². The average molecular weight is 402 g/mol. The van der Waals surface area contributed by atoms with Crippen molar-refractivity contribution in [2.45, 2.75) is 25.7 Å². The minimum Gasteiger partial charge on any atom is -0.465 e. The fourth-order valence-corrected chi connectivity index (χ4v) is 2.31. The van der Waals surface area contributed by atoms with E-state index in [1.54, 1.807) is 48.3 Å². The van der Waals surface area contributed by atoms with Gasteiger partial charge in [0.25, 0.3) is 0 Å². The molecule has 1 aromatic carbocycles. The Balaban J connectivity index is 3.39. The lowest BCUT2D eigenvalue weighted by atomic mass is 9.77. The molecule has 0 fully saturated rings. The van der Waals surface area contributed by atoms with Gasteiger partial charge in [0, 0.05) is 0 Å². The molecule has 0 saturated heterocycles. The summed E-state index contributed by atoms with van der Waals surface area (Å²) in [5.74, 6) is -1.16. The second kappa shape index (κ2) is 8.81. The third kappa shape index (κ3) is 4.06. The number of carbonyl (C=O) groups is 2. The lowest BCUT2D eigenvalue weighted by Gasteiger charge is -2.28. The van der Waals surface area contributed by atoms with E-state index in [0.717, 1.165) is 0 Å². The number of carbonyl (C=O) groups excluding carboxylic acids is 2. The van der Waals surface area contributed by atoms with Crippen molar-refractivity contribution in [1.29, 1.82) is 0 Å². The predicted molar refractivity (Wildman–Crippen MR) is 89.2 cm³/mol. The molecule has 0 amide bonds. The number of benzene rings is 1. The topological polar surface area (TPSA) is 52.6 Å². The van der Waals surface area contributed by atoms with E-state index < -0.39 is 17.4 Å². The van der Waals surface area contributed by atoms with Gasteiger partial charge in [-0.2, -0.15) is 0 Å². The van der Waals surface area contributed by atoms with Crippen molar-refractivity contribution in [1.82, 2.24) is 0 Å². The first-order valence-corrected chi connectivity index (χ1v) is 8.03. The number of hydrogen-bond acceptors (Lipinski definition) is 4. The van der Waals surface area contributed by atoms with Crippen molar-refractivity contribution >= 4 is 34.5 Å². The standard InChI is InChI=1S/C16H19IO4/c1-3-20-14(18)16(11-8-12-17,15(19)21-4-2)13-9-6-5-7-10-13/h5-10,12H,3-4,11H2,1-2H3/b12-8-. The van der Waals surface area contributed by atoms with Crippen molar-refractivity contribution in [2.75, 3.05) is 13.2 Å². The van der Waals surface area contributed by atoms with E-state index in [-0.39, 0.29) is 19.6 Å². The Bertz CT molecular complexity index is 478. The number of rotatable bonds is 7. The fourth-order valence-electron chi connectivity index (χ4n) is 2.06. The Hall–Kier alpha value is -1.37. The van der Waals surface area contributed by atoms with Gasteiger partial charge in [0.2, 0.25) is 0 Å². The number of halogens is 1. The van der Waals surface area contributed by atoms with Crippen LogP contribution in [-0.4, -0.2) is 25.2 Å². The van der Waals surface area contributed by atoms with E-state index in [4.69, 9.17) is 9.47 Å². The fraction of sp³-hybridized carbons (Fsp3) is 0.375. The average Bonchev–Trinajstić information content (AvgIpc) is 2.50. The monoisotopic (exact) mass is 402 g/mol. The molecule has 0 aliphatic rings. The zero-order valence-electron chi connectivity index (χ0n) is 12.2. The summed E-state index contributed by atoms with van der Waals surface area (Å²) in [6.07, 6.45) is 1.97. The molecule has 0 bridgehead atoms. The van der Waals surface area contributed by atoms with Crippen LogP contribution in [0.1, 0.15) is 25.8 Å². The molecule has 0 saturated carbocycles. The highest BCUT2D eigenvalue weighted by Crippen LogP contribution is 2.32. The molecule has 1 rings (SSSR count). The second-order valence-electron chi connectivity index (χ2n) is 4.28. The molecule has 1 aromatic rings. The van der Waals surface area contributed by atoms with Gasteiger partial charge in [-0.25, -0.2) is 0 Å². The number of allylic oxidation sites excluding steroid dienone is 1. The molecule has 5 heteroatoms. The van der Waals surface area contributed by atoms with E-state index in [1.807, 2.05) is 6.07 Å². The molecule has 0 heterocycles. The van der Waals surface area contributed by atoms with E-state index >= 15 is 0 Å². The van der Waals surface area contributed by atoms with Gasteiger partial charge in [-0.1, -0.05) is 59.0 Å². The first-order valence-electron chi connectivity index (χ1n) is 6.78. The second-order valence-corrected chi connectivity index (χ2v) is 5.00. The molecule has 0 radical (unpaired) electrons. The lowest BCUT2D eigenvalue weighted by Crippen LogP contribution is -2.46. The molecule has 0 spiro atoms. The third-order valence-corrected chi connectivity index (χ3v) is 3.54. The van der Waals surface area contributed by atoms with Crippen LogP contribution in [0.2, 0.25) is 0 Å². The van der Waals surface area contributed by atoms with Crippen LogP contribution in [-0.2, 0) is 24.5 Å². The molecule has 114 valence electrons. The minimum absolute atomic E-state index is 0.206. The SMILES string of the molecule is CCOC(=O)C(C/C=C\I)(C(=O)OCC)c1ccccc1. The zero-order valence-corrected chi connectivity index (χ0v) is 14.3. The van der Waals surface area contributed by atoms with Crippen LogP contribution in [0.25, 0.3) is 0 Å². The summed E-state index contributed by atoms with van der Waals surface area (Å²) in [6.45, 7) is 3.85. The summed E-state index contributed by atoms with van der Waals surface area (Å²) in [6, 6.07) is 8.90. The summed E-state index contributed by atoms with van der Waals surface area (Å²) < 4.78 is 12.1. The molecule has 21 heavy (non-hydrogen) atoms. The molecular formula is C16H19IO4. The van der Waals surface area contributed by atoms with Gasteiger partial charge in [-0.3, -0.25) is 9.59 Å². The van der Waals surface area contributed by atoms with Crippen molar-refractivity contribution < 1.29 is 19.1 Å². The molecular weight excluding hydrogens is 383 g/mol. The third-order valence-electron chi connectivity index (χ3n) is 3.03. The minimum atomic E-state index is -1.45. The summed E-state index contributed by atoms with van der Waals surface area (Å²) >= 11 is 2.05. The Labute approximate surface area is 138 Å². The van der Waals surface area contributed by atoms with Gasteiger partial charge < -0.3 is 9.47 Å². The van der Waals surface area contributed by atoms with Crippen LogP contribution in [0, 0.1) is 0 Å². The maximum Gasteiger partial charge on any atom is 0.328 e. The molecule has 0 N–H and O–H groups in total. The van der Waals surface area contributed by atoms with Crippen LogP contribution in [0.5, 0.6) is 0 Å². The van der Waals surface area contributed by atoms with E-state index in [9.17, 15) is 9.59 Å². The van der Waals surface area contributed by atoms with Crippen LogP contribution < -0.4 is 0 Å². The van der Waals surface area contributed by atoms with Crippen molar-refractivity contribution in [3.8, 4) is 0 Å². The Kier molecular flexibility index (Phi) is 7.42. The lowest BCUT2D eigenvalue weighted by molar-refractivity contribution is -0.164. The van der Waals surface area contributed by atoms with Crippen molar-refractivity contribution in [3.05, 3.63) is 46.1 Å². The molecule has 0 aliphatic carbocycles. The highest BCUT2D eigenvalue weighted by atomic mass is 127. The zero-order chi connectivity index (χ0) is 15.7. The Morgan fingerprint density at radius 1 is 1.10 bits per heavy atom. The van der Waals surface area contributed by atoms with E-state index in [0.29, 0.717) is 5.56 Å². The van der Waals surface area contributed by atoms with E-state index in [2.05, 4.69) is 22.6 Å². The van der Waals surface area contributed by atoms with Crippen LogP contribution in [0.15, 0.2) is 40.5 Å². The molecule has 0 unspecified atom stereocenters. The van der Waals surface area contributed by atoms with Gasteiger partial charge in [0.1, 0.15) is 0 Å². The maximum atomic E-state index is 12.5. The first-order chi connectivity index (χ1) is 10.1. The maximum absolute atomic E-state index is 12.5. The van der Waals surface area contributed by atoms with Gasteiger partial charge >= 0.3 is 11.9 Å². The number of esters is 2. The normalized spacial score (nSPS) is 11.4. The van der Waals surface area contributed by atoms with Gasteiger partial charge in [0.05, 0.1) is 13.2 Å². The highest BCUT2D eigenvalue weighted by molar-refractivity contribution is 14.1. The quantitative estimate of drug-likeness (QED) is 0.399. The summed E-state index contributed by atoms with van der Waals surface area (Å²) in [5.41, 5.74) is -0.869. The Morgan fingerprint density at radius 2 is 1.62 bits per heavy atom. The van der Waals surface area contributed by atoms with Crippen LogP contribution in [0.3, 0.4) is 0 Å². The summed E-state index contributed by atoms with van der Waals surface area (Å²) in [7, 11) is 0. The van der Waals surface area contributed by atoms with Gasteiger partial charge in [0.15, 0.2) is 5.41 Å². The largest absolute Gasteiger partial charge is 0.465 e. The summed E-state index contributed by atoms with van der Waals surface area (Å²) in [4.78, 5) is 25.1. The molecule has 0 atom stereocenters. The summed E-state index contributed by atoms with van der Waals surface area (Å²) in [5, 5.41) is 0. The van der Waals surface area contributed by atoms with Crippen molar-refractivity contribution in [2.24, 2.45) is 0 Å². The van der Waals surface area contributed by atoms with Crippen LogP contribution >= 0.6 is 22.6 Å². The predicted octanol–water partition coefficient (Wildman–Crippen LogP) is 3.39. The van der Waals surface area contributed by atoms with Gasteiger partial charge in [-0.05, 0) is 29.9 Å². The number of ether oxygens (including phenoxy) is 2. The number of hydrogen-bond donors (Lipinski definition) is 0.